The molecule has 3 aromatic rings. The number of nitrogens with one attached hydrogen (secondary N) is 1. The molecule has 3 aliphatic heterocycles. The molecule has 3 N–H and O–H groups in total. The zero-order valence-electron chi connectivity index (χ0n) is 26.1. The van der Waals surface area contributed by atoms with Gasteiger partial charge in [-0.2, -0.15) is 0 Å². The van der Waals surface area contributed by atoms with Crippen molar-refractivity contribution in [3.05, 3.63) is 80.8 Å². The van der Waals surface area contributed by atoms with Crippen molar-refractivity contribution in [1.29, 1.82) is 0 Å². The third-order valence-electron chi connectivity index (χ3n) is 9.52. The van der Waals surface area contributed by atoms with Crippen LogP contribution in [0.2, 0.25) is 0 Å². The Morgan fingerprint density at radius 3 is 2.30 bits per heavy atom. The van der Waals surface area contributed by atoms with Gasteiger partial charge in [0.25, 0.3) is 5.56 Å². The molecule has 3 aliphatic rings. The van der Waals surface area contributed by atoms with E-state index in [9.17, 15) is 4.79 Å². The van der Waals surface area contributed by atoms with Crippen molar-refractivity contribution in [2.75, 3.05) is 49.3 Å². The second-order valence-electron chi connectivity index (χ2n) is 12.2. The number of carbonyl (C=O) groups excluding carboxylic acids is 1. The number of aromatic nitrogens is 1. The molecule has 4 heterocycles. The van der Waals surface area contributed by atoms with Gasteiger partial charge < -0.3 is 30.0 Å². The molecule has 2 aromatic carbocycles. The fraction of sp³-hybridized carbons (Fsp3) is 0.486. The number of fused-ring (bicyclic) bond motifs is 2. The number of nitrogens with two attached hydrogens (primary N) is 1. The summed E-state index contributed by atoms with van der Waals surface area (Å²) in [6, 6.07) is 16.6. The van der Waals surface area contributed by atoms with Crippen LogP contribution in [0.3, 0.4) is 0 Å². The van der Waals surface area contributed by atoms with Gasteiger partial charge in [0.2, 0.25) is 6.41 Å². The molecule has 1 spiro atoms. The maximum atomic E-state index is 13.0. The normalized spacial score (nSPS) is 17.7. The molecule has 1 amide bonds. The first-order chi connectivity index (χ1) is 20.8. The van der Waals surface area contributed by atoms with Crippen LogP contribution in [0.4, 0.5) is 11.4 Å². The minimum atomic E-state index is 0.0269. The van der Waals surface area contributed by atoms with E-state index in [1.165, 1.54) is 33.6 Å². The quantitative estimate of drug-likeness (QED) is 0.388. The molecule has 2 saturated heterocycles. The number of nitrogens with zero attached hydrogens (tertiary/aromatic N) is 2. The number of aryl methyl sites for hydroxylation is 3. The highest BCUT2D eigenvalue weighted by atomic mass is 16.5. The van der Waals surface area contributed by atoms with Crippen LogP contribution < -0.4 is 21.1 Å². The van der Waals surface area contributed by atoms with Crippen LogP contribution in [0.15, 0.2) is 47.3 Å². The van der Waals surface area contributed by atoms with Gasteiger partial charge in [-0.3, -0.25) is 9.59 Å². The second-order valence-corrected chi connectivity index (χ2v) is 12.2. The number of rotatable bonds is 6. The number of amides is 1. The Morgan fingerprint density at radius 2 is 1.63 bits per heavy atom. The average molecular weight is 587 g/mol. The number of primary amides is 1. The molecule has 6 rings (SSSR count). The van der Waals surface area contributed by atoms with Gasteiger partial charge in [0.15, 0.2) is 0 Å². The largest absolute Gasteiger partial charge is 0.381 e. The van der Waals surface area contributed by atoms with Crippen LogP contribution in [-0.4, -0.2) is 57.0 Å². The van der Waals surface area contributed by atoms with E-state index in [1.54, 1.807) is 0 Å². The molecule has 0 saturated carbocycles. The number of pyridine rings is 1. The number of hydrogen-bond acceptors (Lipinski definition) is 6. The highest BCUT2D eigenvalue weighted by molar-refractivity contribution is 5.77. The Morgan fingerprint density at radius 1 is 0.977 bits per heavy atom. The number of hydrogen-bond donors (Lipinski definition) is 2. The predicted octanol–water partition coefficient (Wildman–Crippen LogP) is 5.14. The molecular formula is C35H46N4O4. The topological polar surface area (TPSA) is 101 Å². The zero-order chi connectivity index (χ0) is 30.6. The predicted molar refractivity (Wildman–Crippen MR) is 173 cm³/mol. The molecule has 0 bridgehead atoms. The van der Waals surface area contributed by atoms with E-state index in [1.807, 2.05) is 6.92 Å². The van der Waals surface area contributed by atoms with E-state index in [2.05, 4.69) is 83.8 Å². The lowest BCUT2D eigenvalue weighted by molar-refractivity contribution is -0.106. The number of aromatic amines is 1. The van der Waals surface area contributed by atoms with Gasteiger partial charge in [-0.1, -0.05) is 24.3 Å². The Bertz CT molecular complexity index is 1490. The molecule has 1 aromatic heterocycles. The van der Waals surface area contributed by atoms with Crippen molar-refractivity contribution in [1.82, 2.24) is 4.98 Å². The third-order valence-corrected chi connectivity index (χ3v) is 9.52. The van der Waals surface area contributed by atoms with Crippen LogP contribution in [0.5, 0.6) is 0 Å². The van der Waals surface area contributed by atoms with Crippen molar-refractivity contribution < 1.29 is 14.3 Å². The SMILES string of the molecule is CCN(c1cc(-c2ccc3c(c2)N(Cc2c(C)cc(C)[nH]c2=O)CC32CCOCC2)ccc1C)C1CCOCC1.NC=O. The molecule has 0 unspecified atom stereocenters. The van der Waals surface area contributed by atoms with E-state index in [0.29, 0.717) is 12.6 Å². The molecule has 43 heavy (non-hydrogen) atoms. The van der Waals surface area contributed by atoms with Crippen molar-refractivity contribution >= 4 is 17.8 Å². The van der Waals surface area contributed by atoms with E-state index in [0.717, 1.165) is 82.0 Å². The summed E-state index contributed by atoms with van der Waals surface area (Å²) in [5.41, 5.74) is 14.9. The maximum Gasteiger partial charge on any atom is 0.253 e. The number of anilines is 2. The maximum absolute atomic E-state index is 13.0. The summed E-state index contributed by atoms with van der Waals surface area (Å²) >= 11 is 0. The smallest absolute Gasteiger partial charge is 0.253 e. The molecular weight excluding hydrogens is 540 g/mol. The lowest BCUT2D eigenvalue weighted by atomic mass is 9.75. The zero-order valence-corrected chi connectivity index (χ0v) is 26.1. The van der Waals surface area contributed by atoms with Gasteiger partial charge >= 0.3 is 0 Å². The number of carbonyl (C=O) groups is 1. The minimum absolute atomic E-state index is 0.0269. The van der Waals surface area contributed by atoms with Crippen LogP contribution in [0, 0.1) is 20.8 Å². The molecule has 230 valence electrons. The summed E-state index contributed by atoms with van der Waals surface area (Å²) in [5, 5.41) is 0. The Kier molecular flexibility index (Phi) is 9.57. The number of benzene rings is 2. The molecule has 2 fully saturated rings. The fourth-order valence-corrected chi connectivity index (χ4v) is 7.28. The standard InChI is InChI=1S/C34H43N3O3.CH3NO/c1-5-37(28-10-14-39-15-11-28)31-19-26(7-6-23(31)2)27-8-9-30-32(20-27)36(22-34(30)12-16-40-17-13-34)21-29-24(3)18-25(4)35-33(29)38;2-1-3/h6-9,18-20,28H,5,10-17,21-22H2,1-4H3,(H,35,38);1H,(H2,2,3). The Labute approximate surface area is 255 Å². The fourth-order valence-electron chi connectivity index (χ4n) is 7.28. The molecule has 0 atom stereocenters. The summed E-state index contributed by atoms with van der Waals surface area (Å²) in [4.78, 5) is 29.6. The first-order valence-electron chi connectivity index (χ1n) is 15.6. The van der Waals surface area contributed by atoms with E-state index < -0.39 is 0 Å². The Balaban J connectivity index is 0.00000118. The summed E-state index contributed by atoms with van der Waals surface area (Å²) < 4.78 is 11.4. The third kappa shape index (κ3) is 6.36. The lowest BCUT2D eigenvalue weighted by Gasteiger charge is -2.36. The van der Waals surface area contributed by atoms with Gasteiger partial charge in [-0.15, -0.1) is 0 Å². The van der Waals surface area contributed by atoms with Crippen LogP contribution >= 0.6 is 0 Å². The van der Waals surface area contributed by atoms with E-state index >= 15 is 0 Å². The first-order valence-corrected chi connectivity index (χ1v) is 15.6. The Hall–Kier alpha value is -3.62. The van der Waals surface area contributed by atoms with Gasteiger partial charge in [0.1, 0.15) is 0 Å². The van der Waals surface area contributed by atoms with Crippen molar-refractivity contribution in [2.24, 2.45) is 5.73 Å². The summed E-state index contributed by atoms with van der Waals surface area (Å²) in [7, 11) is 0. The lowest BCUT2D eigenvalue weighted by Crippen LogP contribution is -2.39. The van der Waals surface area contributed by atoms with Crippen LogP contribution in [0.25, 0.3) is 11.1 Å². The van der Waals surface area contributed by atoms with E-state index in [4.69, 9.17) is 14.3 Å². The monoisotopic (exact) mass is 586 g/mol. The minimum Gasteiger partial charge on any atom is -0.381 e. The van der Waals surface area contributed by atoms with E-state index in [-0.39, 0.29) is 17.4 Å². The molecule has 0 aliphatic carbocycles. The average Bonchev–Trinajstić information content (AvgIpc) is 3.29. The van der Waals surface area contributed by atoms with Crippen LogP contribution in [-0.2, 0) is 26.2 Å². The summed E-state index contributed by atoms with van der Waals surface area (Å²) in [5.74, 6) is 0. The van der Waals surface area contributed by atoms with Gasteiger partial charge in [0, 0.05) is 80.2 Å². The first kappa shape index (κ1) is 30.8. The van der Waals surface area contributed by atoms with Gasteiger partial charge in [-0.25, -0.2) is 0 Å². The number of ether oxygens (including phenoxy) is 2. The summed E-state index contributed by atoms with van der Waals surface area (Å²) in [6.45, 7) is 14.3. The van der Waals surface area contributed by atoms with Crippen molar-refractivity contribution in [3.8, 4) is 11.1 Å². The van der Waals surface area contributed by atoms with Crippen molar-refractivity contribution in [2.45, 2.75) is 71.4 Å². The van der Waals surface area contributed by atoms with Crippen LogP contribution in [0.1, 0.15) is 60.6 Å². The molecule has 8 heteroatoms. The van der Waals surface area contributed by atoms with Gasteiger partial charge in [-0.05, 0) is 99.4 Å². The van der Waals surface area contributed by atoms with Gasteiger partial charge in [0.05, 0.1) is 0 Å². The highest BCUT2D eigenvalue weighted by Crippen LogP contribution is 2.48. The second kappa shape index (κ2) is 13.3. The molecule has 8 nitrogen and oxygen atoms in total. The highest BCUT2D eigenvalue weighted by Gasteiger charge is 2.44. The molecule has 0 radical (unpaired) electrons. The summed E-state index contributed by atoms with van der Waals surface area (Å²) in [6.07, 6.45) is 4.44. The number of H-pyrrole nitrogens is 1. The van der Waals surface area contributed by atoms with Crippen molar-refractivity contribution in [3.63, 3.8) is 0 Å².